The molecular weight excluding hydrogens is 298 g/mol. The quantitative estimate of drug-likeness (QED) is 0.942. The third-order valence-corrected chi connectivity index (χ3v) is 4.20. The van der Waals surface area contributed by atoms with E-state index in [1.165, 1.54) is 6.33 Å². The van der Waals surface area contributed by atoms with Gasteiger partial charge in [-0.1, -0.05) is 11.6 Å². The molecule has 2 aromatic heterocycles. The molecule has 2 heterocycles. The maximum Gasteiger partial charge on any atom is 0.115 e. The third kappa shape index (κ3) is 2.90. The number of rotatable bonds is 3. The summed E-state index contributed by atoms with van der Waals surface area (Å²) in [7, 11) is 0. The Kier molecular flexibility index (Phi) is 3.56. The third-order valence-electron chi connectivity index (χ3n) is 1.72. The standard InChI is InChI=1S/C9H7BrClN3S/c10-8-1-7(15-9(8)11)4-14-6-2-12-5-13-3-6/h1-3,5,14H,4H2. The zero-order chi connectivity index (χ0) is 10.7. The first-order valence-electron chi connectivity index (χ1n) is 4.18. The van der Waals surface area contributed by atoms with E-state index in [9.17, 15) is 0 Å². The van der Waals surface area contributed by atoms with Crippen LogP contribution in [0.15, 0.2) is 29.3 Å². The summed E-state index contributed by atoms with van der Waals surface area (Å²) in [6, 6.07) is 2.00. The summed E-state index contributed by atoms with van der Waals surface area (Å²) in [6.07, 6.45) is 4.97. The molecule has 6 heteroatoms. The second kappa shape index (κ2) is 4.92. The fourth-order valence-electron chi connectivity index (χ4n) is 1.06. The smallest absolute Gasteiger partial charge is 0.115 e. The minimum atomic E-state index is 0.726. The summed E-state index contributed by atoms with van der Waals surface area (Å²) >= 11 is 10.8. The van der Waals surface area contributed by atoms with Crippen LogP contribution < -0.4 is 5.32 Å². The van der Waals surface area contributed by atoms with Crippen molar-refractivity contribution >= 4 is 44.6 Å². The van der Waals surface area contributed by atoms with Crippen molar-refractivity contribution in [1.29, 1.82) is 0 Å². The fraction of sp³-hybridized carbons (Fsp3) is 0.111. The summed E-state index contributed by atoms with van der Waals surface area (Å²) in [4.78, 5) is 8.99. The molecule has 3 nitrogen and oxygen atoms in total. The van der Waals surface area contributed by atoms with Gasteiger partial charge in [-0.25, -0.2) is 9.97 Å². The van der Waals surface area contributed by atoms with Crippen molar-refractivity contribution < 1.29 is 0 Å². The van der Waals surface area contributed by atoms with Crippen LogP contribution in [0.4, 0.5) is 5.69 Å². The lowest BCUT2D eigenvalue weighted by Gasteiger charge is -2.01. The van der Waals surface area contributed by atoms with Crippen LogP contribution in [0.5, 0.6) is 0 Å². The molecule has 0 bridgehead atoms. The van der Waals surface area contributed by atoms with Gasteiger partial charge in [-0.15, -0.1) is 11.3 Å². The molecule has 0 radical (unpaired) electrons. The van der Waals surface area contributed by atoms with Gasteiger partial charge in [0, 0.05) is 15.9 Å². The van der Waals surface area contributed by atoms with E-state index in [1.807, 2.05) is 6.07 Å². The van der Waals surface area contributed by atoms with Gasteiger partial charge >= 0.3 is 0 Å². The molecule has 0 aliphatic heterocycles. The Hall–Kier alpha value is -0.650. The number of anilines is 1. The predicted octanol–water partition coefficient (Wildman–Crippen LogP) is 3.57. The molecule has 0 atom stereocenters. The Morgan fingerprint density at radius 2 is 2.13 bits per heavy atom. The van der Waals surface area contributed by atoms with Gasteiger partial charge in [-0.05, 0) is 22.0 Å². The number of halogens is 2. The van der Waals surface area contributed by atoms with Crippen molar-refractivity contribution in [2.45, 2.75) is 6.54 Å². The highest BCUT2D eigenvalue weighted by molar-refractivity contribution is 9.10. The van der Waals surface area contributed by atoms with Crippen molar-refractivity contribution in [1.82, 2.24) is 9.97 Å². The summed E-state index contributed by atoms with van der Waals surface area (Å²) in [5.74, 6) is 0. The Labute approximate surface area is 105 Å². The van der Waals surface area contributed by atoms with Gasteiger partial charge < -0.3 is 5.32 Å². The topological polar surface area (TPSA) is 37.8 Å². The van der Waals surface area contributed by atoms with Crippen LogP contribution in [0.3, 0.4) is 0 Å². The van der Waals surface area contributed by atoms with Crippen LogP contribution >= 0.6 is 38.9 Å². The molecule has 0 spiro atoms. The predicted molar refractivity (Wildman–Crippen MR) is 66.4 cm³/mol. The lowest BCUT2D eigenvalue weighted by atomic mass is 10.4. The molecule has 0 saturated carbocycles. The number of aromatic nitrogens is 2. The average Bonchev–Trinajstić information content (AvgIpc) is 2.57. The first-order chi connectivity index (χ1) is 7.25. The van der Waals surface area contributed by atoms with E-state index in [1.54, 1.807) is 23.7 Å². The first kappa shape index (κ1) is 10.9. The zero-order valence-electron chi connectivity index (χ0n) is 7.58. The molecule has 0 aliphatic carbocycles. The number of nitrogens with one attached hydrogen (secondary N) is 1. The van der Waals surface area contributed by atoms with E-state index < -0.39 is 0 Å². The number of thiophene rings is 1. The summed E-state index contributed by atoms with van der Waals surface area (Å²) in [5, 5.41) is 3.21. The van der Waals surface area contributed by atoms with Gasteiger partial charge in [-0.2, -0.15) is 0 Å². The van der Waals surface area contributed by atoms with E-state index in [-0.39, 0.29) is 0 Å². The van der Waals surface area contributed by atoms with Crippen LogP contribution in [0.2, 0.25) is 4.34 Å². The van der Waals surface area contributed by atoms with Crippen molar-refractivity contribution in [3.8, 4) is 0 Å². The minimum absolute atomic E-state index is 0.726. The largest absolute Gasteiger partial charge is 0.378 e. The molecule has 1 N–H and O–H groups in total. The molecule has 15 heavy (non-hydrogen) atoms. The van der Waals surface area contributed by atoms with Crippen LogP contribution in [0.1, 0.15) is 4.88 Å². The van der Waals surface area contributed by atoms with Crippen molar-refractivity contribution in [2.75, 3.05) is 5.32 Å². The van der Waals surface area contributed by atoms with Gasteiger partial charge in [0.25, 0.3) is 0 Å². The van der Waals surface area contributed by atoms with E-state index in [4.69, 9.17) is 11.6 Å². The Morgan fingerprint density at radius 3 is 2.73 bits per heavy atom. The highest BCUT2D eigenvalue weighted by Crippen LogP contribution is 2.32. The summed E-state index contributed by atoms with van der Waals surface area (Å²) < 4.78 is 1.71. The average molecular weight is 305 g/mol. The first-order valence-corrected chi connectivity index (χ1v) is 6.17. The number of nitrogens with zero attached hydrogens (tertiary/aromatic N) is 2. The van der Waals surface area contributed by atoms with Crippen LogP contribution in [-0.4, -0.2) is 9.97 Å². The molecule has 2 aromatic rings. The van der Waals surface area contributed by atoms with Crippen molar-refractivity contribution in [3.05, 3.63) is 38.5 Å². The number of hydrogen-bond donors (Lipinski definition) is 1. The van der Waals surface area contributed by atoms with E-state index >= 15 is 0 Å². The van der Waals surface area contributed by atoms with Crippen molar-refractivity contribution in [3.63, 3.8) is 0 Å². The van der Waals surface area contributed by atoms with Gasteiger partial charge in [0.05, 0.1) is 18.1 Å². The van der Waals surface area contributed by atoms with Gasteiger partial charge in [-0.3, -0.25) is 0 Å². The Bertz CT molecular complexity index is 426. The molecule has 0 aromatic carbocycles. The summed E-state index contributed by atoms with van der Waals surface area (Å²) in [6.45, 7) is 0.726. The van der Waals surface area contributed by atoms with Crippen LogP contribution in [0.25, 0.3) is 0 Å². The molecule has 78 valence electrons. The second-order valence-electron chi connectivity index (χ2n) is 2.82. The normalized spacial score (nSPS) is 10.3. The Morgan fingerprint density at radius 1 is 1.40 bits per heavy atom. The zero-order valence-corrected chi connectivity index (χ0v) is 10.7. The van der Waals surface area contributed by atoms with Crippen molar-refractivity contribution in [2.24, 2.45) is 0 Å². The minimum Gasteiger partial charge on any atom is -0.378 e. The molecule has 0 amide bonds. The maximum absolute atomic E-state index is 5.93. The second-order valence-corrected chi connectivity index (χ2v) is 5.41. The van der Waals surface area contributed by atoms with Gasteiger partial charge in [0.15, 0.2) is 0 Å². The Balaban J connectivity index is 1.99. The molecule has 2 rings (SSSR count). The molecule has 0 saturated heterocycles. The highest BCUT2D eigenvalue weighted by Gasteiger charge is 2.03. The number of hydrogen-bond acceptors (Lipinski definition) is 4. The SMILES string of the molecule is Clc1sc(CNc2cncnc2)cc1Br. The van der Waals surface area contributed by atoms with Crippen LogP contribution in [0, 0.1) is 0 Å². The monoisotopic (exact) mass is 303 g/mol. The molecular formula is C9H7BrClN3S. The highest BCUT2D eigenvalue weighted by atomic mass is 79.9. The van der Waals surface area contributed by atoms with Gasteiger partial charge in [0.2, 0.25) is 0 Å². The summed E-state index contributed by atoms with van der Waals surface area (Å²) in [5.41, 5.74) is 0.901. The molecule has 0 aliphatic rings. The molecule has 0 fully saturated rings. The van der Waals surface area contributed by atoms with E-state index in [0.29, 0.717) is 0 Å². The van der Waals surface area contributed by atoms with Gasteiger partial charge in [0.1, 0.15) is 10.7 Å². The lowest BCUT2D eigenvalue weighted by Crippen LogP contribution is -1.97. The van der Waals surface area contributed by atoms with E-state index in [0.717, 1.165) is 25.9 Å². The fourth-order valence-corrected chi connectivity index (χ4v) is 2.79. The van der Waals surface area contributed by atoms with E-state index in [2.05, 4.69) is 31.2 Å². The lowest BCUT2D eigenvalue weighted by molar-refractivity contribution is 1.12. The maximum atomic E-state index is 5.93. The van der Waals surface area contributed by atoms with Crippen LogP contribution in [-0.2, 0) is 6.54 Å². The molecule has 0 unspecified atom stereocenters.